The van der Waals surface area contributed by atoms with Crippen molar-refractivity contribution in [2.75, 3.05) is 6.54 Å². The molecule has 0 radical (unpaired) electrons. The van der Waals surface area contributed by atoms with Crippen LogP contribution in [0.1, 0.15) is 56.7 Å². The highest BCUT2D eigenvalue weighted by Crippen LogP contribution is 2.29. The van der Waals surface area contributed by atoms with Crippen LogP contribution in [-0.4, -0.2) is 32.7 Å². The summed E-state index contributed by atoms with van der Waals surface area (Å²) in [6.45, 7) is 1.08. The van der Waals surface area contributed by atoms with Crippen molar-refractivity contribution in [2.24, 2.45) is 5.92 Å². The van der Waals surface area contributed by atoms with E-state index in [1.807, 2.05) is 10.9 Å². The van der Waals surface area contributed by atoms with Gasteiger partial charge in [0.1, 0.15) is 5.69 Å². The fraction of sp³-hybridized carbons (Fsp3) is 0.750. The summed E-state index contributed by atoms with van der Waals surface area (Å²) < 4.78 is 1.96. The van der Waals surface area contributed by atoms with Crippen molar-refractivity contribution in [2.45, 2.75) is 63.6 Å². The van der Waals surface area contributed by atoms with Gasteiger partial charge < -0.3 is 10.4 Å². The lowest BCUT2D eigenvalue weighted by Gasteiger charge is -2.33. The molecule has 3 rings (SSSR count). The maximum absolute atomic E-state index is 9.15. The Hall–Kier alpha value is -1.20. The van der Waals surface area contributed by atoms with Gasteiger partial charge in [-0.3, -0.25) is 0 Å². The Morgan fingerprint density at radius 1 is 1.24 bits per heavy atom. The van der Waals surface area contributed by atoms with E-state index in [1.54, 1.807) is 0 Å². The number of nitrogens with zero attached hydrogens (tertiary/aromatic N) is 3. The third kappa shape index (κ3) is 3.71. The number of rotatable bonds is 5. The van der Waals surface area contributed by atoms with Crippen molar-refractivity contribution >= 4 is 0 Å². The molecule has 0 aromatic carbocycles. The predicted molar refractivity (Wildman–Crippen MR) is 81.7 cm³/mol. The molecule has 1 aromatic heterocycles. The number of nitrogens with one attached hydrogen (secondary N) is 1. The van der Waals surface area contributed by atoms with Gasteiger partial charge in [0, 0.05) is 6.04 Å². The van der Waals surface area contributed by atoms with Gasteiger partial charge >= 0.3 is 0 Å². The van der Waals surface area contributed by atoms with Crippen LogP contribution >= 0.6 is 0 Å². The molecule has 1 heterocycles. The van der Waals surface area contributed by atoms with E-state index in [-0.39, 0.29) is 6.61 Å². The lowest BCUT2D eigenvalue weighted by molar-refractivity contribution is 0.233. The van der Waals surface area contributed by atoms with E-state index in [4.69, 9.17) is 5.11 Å². The summed E-state index contributed by atoms with van der Waals surface area (Å²) in [5.41, 5.74) is 0.664. The number of allylic oxidation sites excluding steroid dienone is 2. The second kappa shape index (κ2) is 7.18. The SMILES string of the molecule is OCc1cn([C@@H]2CCCC[C@@H]2NC[C@H]2CC=CCC2)nn1. The van der Waals surface area contributed by atoms with Crippen molar-refractivity contribution in [1.29, 1.82) is 0 Å². The zero-order valence-corrected chi connectivity index (χ0v) is 12.6. The summed E-state index contributed by atoms with van der Waals surface area (Å²) in [6, 6.07) is 0.864. The average Bonchev–Trinajstić information content (AvgIpc) is 3.03. The Labute approximate surface area is 126 Å². The van der Waals surface area contributed by atoms with Gasteiger partial charge in [0.15, 0.2) is 0 Å². The lowest BCUT2D eigenvalue weighted by Crippen LogP contribution is -2.42. The van der Waals surface area contributed by atoms with Crippen molar-refractivity contribution in [3.05, 3.63) is 24.0 Å². The molecule has 5 nitrogen and oxygen atoms in total. The molecular formula is C16H26N4O. The topological polar surface area (TPSA) is 63.0 Å². The van der Waals surface area contributed by atoms with E-state index in [2.05, 4.69) is 27.8 Å². The zero-order valence-electron chi connectivity index (χ0n) is 12.6. The fourth-order valence-electron chi connectivity index (χ4n) is 3.57. The molecule has 5 heteroatoms. The van der Waals surface area contributed by atoms with Gasteiger partial charge in [0.05, 0.1) is 18.8 Å². The molecule has 0 saturated heterocycles. The molecule has 1 aromatic rings. The third-order valence-corrected chi connectivity index (χ3v) is 4.84. The highest BCUT2D eigenvalue weighted by molar-refractivity contribution is 4.95. The second-order valence-electron chi connectivity index (χ2n) is 6.37. The van der Waals surface area contributed by atoms with Crippen molar-refractivity contribution in [3.8, 4) is 0 Å². The van der Waals surface area contributed by atoms with Gasteiger partial charge in [-0.25, -0.2) is 4.68 Å². The summed E-state index contributed by atoms with van der Waals surface area (Å²) in [5.74, 6) is 0.779. The highest BCUT2D eigenvalue weighted by Gasteiger charge is 2.27. The Morgan fingerprint density at radius 3 is 2.90 bits per heavy atom. The Bertz CT molecular complexity index is 471. The number of hydrogen-bond donors (Lipinski definition) is 2. The molecule has 3 atom stereocenters. The van der Waals surface area contributed by atoms with Crippen LogP contribution in [0.2, 0.25) is 0 Å². The first-order valence-corrected chi connectivity index (χ1v) is 8.27. The molecule has 2 aliphatic rings. The van der Waals surface area contributed by atoms with Gasteiger partial charge in [0.2, 0.25) is 0 Å². The molecule has 2 aliphatic carbocycles. The molecular weight excluding hydrogens is 264 g/mol. The number of aliphatic hydroxyl groups is 1. The minimum absolute atomic E-state index is 0.0285. The molecule has 1 fully saturated rings. The van der Waals surface area contributed by atoms with E-state index in [0.717, 1.165) is 18.9 Å². The van der Waals surface area contributed by atoms with Crippen LogP contribution in [0.15, 0.2) is 18.3 Å². The number of aromatic nitrogens is 3. The monoisotopic (exact) mass is 290 g/mol. The Balaban J connectivity index is 1.59. The normalized spacial score (nSPS) is 29.7. The van der Waals surface area contributed by atoms with Crippen molar-refractivity contribution in [1.82, 2.24) is 20.3 Å². The number of hydrogen-bond acceptors (Lipinski definition) is 4. The van der Waals surface area contributed by atoms with Gasteiger partial charge in [-0.05, 0) is 44.6 Å². The largest absolute Gasteiger partial charge is 0.390 e. The smallest absolute Gasteiger partial charge is 0.108 e. The van der Waals surface area contributed by atoms with Crippen LogP contribution in [0.3, 0.4) is 0 Å². The van der Waals surface area contributed by atoms with E-state index >= 15 is 0 Å². The lowest BCUT2D eigenvalue weighted by atomic mass is 9.89. The van der Waals surface area contributed by atoms with Gasteiger partial charge in [-0.2, -0.15) is 0 Å². The molecule has 0 aliphatic heterocycles. The molecule has 0 amide bonds. The molecule has 116 valence electrons. The van der Waals surface area contributed by atoms with Gasteiger partial charge in [0.25, 0.3) is 0 Å². The van der Waals surface area contributed by atoms with Crippen LogP contribution in [-0.2, 0) is 6.61 Å². The minimum Gasteiger partial charge on any atom is -0.390 e. The average molecular weight is 290 g/mol. The van der Waals surface area contributed by atoms with Crippen LogP contribution in [0.4, 0.5) is 0 Å². The summed E-state index contributed by atoms with van der Waals surface area (Å²) in [7, 11) is 0. The summed E-state index contributed by atoms with van der Waals surface area (Å²) in [5, 5.41) is 21.2. The number of aliphatic hydroxyl groups excluding tert-OH is 1. The van der Waals surface area contributed by atoms with Gasteiger partial charge in [-0.15, -0.1) is 5.10 Å². The molecule has 0 unspecified atom stereocenters. The predicted octanol–water partition coefficient (Wildman–Crippen LogP) is 2.20. The maximum atomic E-state index is 9.15. The quantitative estimate of drug-likeness (QED) is 0.816. The molecule has 21 heavy (non-hydrogen) atoms. The van der Waals surface area contributed by atoms with E-state index < -0.39 is 0 Å². The van der Waals surface area contributed by atoms with Crippen molar-refractivity contribution < 1.29 is 5.11 Å². The van der Waals surface area contributed by atoms with Crippen LogP contribution < -0.4 is 5.32 Å². The van der Waals surface area contributed by atoms with Crippen LogP contribution in [0.25, 0.3) is 0 Å². The standard InChI is InChI=1S/C16H26N4O/c21-12-14-11-20(19-18-14)16-9-5-4-8-15(16)17-10-13-6-2-1-3-7-13/h1-2,11,13,15-17,21H,3-10,12H2/t13-,15-,16+/m0/s1. The van der Waals surface area contributed by atoms with Crippen molar-refractivity contribution in [3.63, 3.8) is 0 Å². The van der Waals surface area contributed by atoms with E-state index in [1.165, 1.54) is 38.5 Å². The zero-order chi connectivity index (χ0) is 14.5. The maximum Gasteiger partial charge on any atom is 0.108 e. The van der Waals surface area contributed by atoms with Crippen LogP contribution in [0.5, 0.6) is 0 Å². The molecule has 0 spiro atoms. The molecule has 2 N–H and O–H groups in total. The fourth-order valence-corrected chi connectivity index (χ4v) is 3.57. The first-order chi connectivity index (χ1) is 10.4. The van der Waals surface area contributed by atoms with Gasteiger partial charge in [-0.1, -0.05) is 30.2 Å². The minimum atomic E-state index is -0.0285. The first-order valence-electron chi connectivity index (χ1n) is 8.27. The second-order valence-corrected chi connectivity index (χ2v) is 6.37. The summed E-state index contributed by atoms with van der Waals surface area (Å²) >= 11 is 0. The first kappa shape index (κ1) is 14.7. The molecule has 1 saturated carbocycles. The highest BCUT2D eigenvalue weighted by atomic mass is 16.3. The Kier molecular flexibility index (Phi) is 5.04. The summed E-state index contributed by atoms with van der Waals surface area (Å²) in [4.78, 5) is 0. The summed E-state index contributed by atoms with van der Waals surface area (Å²) in [6.07, 6.45) is 15.2. The molecule has 0 bridgehead atoms. The third-order valence-electron chi connectivity index (χ3n) is 4.84. The van der Waals surface area contributed by atoms with E-state index in [0.29, 0.717) is 17.8 Å². The van der Waals surface area contributed by atoms with Crippen LogP contribution in [0, 0.1) is 5.92 Å². The van der Waals surface area contributed by atoms with E-state index in [9.17, 15) is 0 Å². The Morgan fingerprint density at radius 2 is 2.14 bits per heavy atom.